The molecule has 0 saturated heterocycles. The average Bonchev–Trinajstić information content (AvgIpc) is 2.21. The highest BCUT2D eigenvalue weighted by molar-refractivity contribution is 8.17. The van der Waals surface area contributed by atoms with Crippen LogP contribution in [0.15, 0.2) is 21.0 Å². The highest BCUT2D eigenvalue weighted by Crippen LogP contribution is 2.25. The Labute approximate surface area is 84.1 Å². The van der Waals surface area contributed by atoms with Crippen molar-refractivity contribution in [2.75, 3.05) is 11.0 Å². The fraction of sp³-hybridized carbons (Fsp3) is 0.333. The van der Waals surface area contributed by atoms with Gasteiger partial charge in [0.1, 0.15) is 12.1 Å². The Morgan fingerprint density at radius 1 is 1.58 bits per heavy atom. The van der Waals surface area contributed by atoms with E-state index in [4.69, 9.17) is 0 Å². The lowest BCUT2D eigenvalue weighted by molar-refractivity contribution is 0.937. The van der Waals surface area contributed by atoms with Crippen LogP contribution < -0.4 is 0 Å². The zero-order chi connectivity index (χ0) is 8.23. The summed E-state index contributed by atoms with van der Waals surface area (Å²) in [6.07, 6.45) is 4.87. The van der Waals surface area contributed by atoms with Gasteiger partial charge >= 0.3 is 0 Å². The first-order valence-corrected chi connectivity index (χ1v) is 6.23. The Bertz CT molecular complexity index is 248. The number of rotatable bonds is 0. The van der Waals surface area contributed by atoms with Crippen LogP contribution in [0.5, 0.6) is 0 Å². The van der Waals surface area contributed by atoms with Crippen molar-refractivity contribution >= 4 is 47.7 Å². The molecule has 0 saturated carbocycles. The summed E-state index contributed by atoms with van der Waals surface area (Å²) in [6, 6.07) is 0. The van der Waals surface area contributed by atoms with E-state index in [1.54, 1.807) is 23.7 Å². The van der Waals surface area contributed by atoms with E-state index < -0.39 is 0 Å². The zero-order valence-corrected chi connectivity index (χ0v) is 8.58. The van der Waals surface area contributed by atoms with Crippen LogP contribution >= 0.6 is 35.7 Å². The summed E-state index contributed by atoms with van der Waals surface area (Å²) in [5, 5.41) is 3.09. The van der Waals surface area contributed by atoms with Crippen LogP contribution in [0.4, 0.5) is 0 Å². The second-order valence-electron chi connectivity index (χ2n) is 1.97. The van der Waals surface area contributed by atoms with Gasteiger partial charge in [-0.1, -0.05) is 0 Å². The second-order valence-corrected chi connectivity index (χ2v) is 4.87. The van der Waals surface area contributed by atoms with Gasteiger partial charge in [-0.15, -0.1) is 11.8 Å². The monoisotopic (exact) mass is 216 g/mol. The third kappa shape index (κ3) is 1.99. The molecule has 0 atom stereocenters. The van der Waals surface area contributed by atoms with Gasteiger partial charge in [-0.2, -0.15) is 0 Å². The molecule has 0 amide bonds. The molecule has 0 spiro atoms. The summed E-state index contributed by atoms with van der Waals surface area (Å²) in [5.74, 6) is 1.54. The van der Waals surface area contributed by atoms with Crippen LogP contribution in [-0.2, 0) is 0 Å². The van der Waals surface area contributed by atoms with Gasteiger partial charge in [0.05, 0.1) is 5.08 Å². The molecule has 2 heterocycles. The minimum atomic E-state index is 0.709. The summed E-state index contributed by atoms with van der Waals surface area (Å²) < 4.78 is 5.97. The number of thioether (sulfide) groups is 1. The van der Waals surface area contributed by atoms with Crippen molar-refractivity contribution in [3.8, 4) is 0 Å². The Morgan fingerprint density at radius 2 is 2.58 bits per heavy atom. The fourth-order valence-electron chi connectivity index (χ4n) is 0.746. The third-order valence-electron chi connectivity index (χ3n) is 1.24. The Hall–Kier alpha value is -0.0700. The van der Waals surface area contributed by atoms with Crippen LogP contribution in [0.3, 0.4) is 0 Å². The molecule has 0 fully saturated rings. The van der Waals surface area contributed by atoms with E-state index in [0.717, 1.165) is 10.9 Å². The van der Waals surface area contributed by atoms with E-state index in [0.29, 0.717) is 5.88 Å². The maximum Gasteiger partial charge on any atom is 0.168 e. The van der Waals surface area contributed by atoms with E-state index in [-0.39, 0.29) is 0 Å². The van der Waals surface area contributed by atoms with Crippen LogP contribution in [0.25, 0.3) is 0 Å². The van der Waals surface area contributed by atoms with Crippen molar-refractivity contribution in [3.63, 3.8) is 0 Å². The largest absolute Gasteiger partial charge is 0.273 e. The first kappa shape index (κ1) is 8.52. The van der Waals surface area contributed by atoms with Gasteiger partial charge in [-0.25, -0.2) is 4.40 Å². The molecule has 0 aromatic carbocycles. The minimum Gasteiger partial charge on any atom is -0.273 e. The molecule has 0 aliphatic carbocycles. The summed E-state index contributed by atoms with van der Waals surface area (Å²) in [5.41, 5.74) is 0. The molecule has 2 aliphatic rings. The van der Waals surface area contributed by atoms with Crippen molar-refractivity contribution in [2.45, 2.75) is 0 Å². The molecule has 0 unspecified atom stereocenters. The van der Waals surface area contributed by atoms with Gasteiger partial charge in [0, 0.05) is 6.20 Å². The molecule has 0 bridgehead atoms. The highest BCUT2D eigenvalue weighted by Gasteiger charge is 2.12. The molecular formula is C6H6N3S3. The number of amidine groups is 1. The Morgan fingerprint density at radius 3 is 3.25 bits per heavy atom. The molecule has 2 rings (SSSR count). The summed E-state index contributed by atoms with van der Waals surface area (Å²) >= 11 is 4.93. The van der Waals surface area contributed by atoms with E-state index in [9.17, 15) is 0 Å². The highest BCUT2D eigenvalue weighted by atomic mass is 32.2. The standard InChI is InChI=1S/C6H6N3S3/c1-2-10-5-12-9(1)6-3-8-11-4-7-6/h1-2H,4-5H2. The molecule has 2 aliphatic heterocycles. The topological polar surface area (TPSA) is 28.0 Å². The van der Waals surface area contributed by atoms with Gasteiger partial charge in [-0.3, -0.25) is 9.30 Å². The van der Waals surface area contributed by atoms with E-state index in [2.05, 4.69) is 21.0 Å². The Kier molecular flexibility index (Phi) is 3.02. The maximum atomic E-state index is 4.27. The Balaban J connectivity index is 2.07. The second kappa shape index (κ2) is 4.25. The van der Waals surface area contributed by atoms with Crippen LogP contribution in [0.2, 0.25) is 0 Å². The number of hydrogen-bond acceptors (Lipinski definition) is 6. The van der Waals surface area contributed by atoms with Crippen LogP contribution in [0.1, 0.15) is 0 Å². The smallest absolute Gasteiger partial charge is 0.168 e. The first-order chi connectivity index (χ1) is 5.97. The zero-order valence-electron chi connectivity index (χ0n) is 6.14. The van der Waals surface area contributed by atoms with Crippen molar-refractivity contribution < 1.29 is 0 Å². The van der Waals surface area contributed by atoms with Gasteiger partial charge in [0.25, 0.3) is 0 Å². The van der Waals surface area contributed by atoms with E-state index >= 15 is 0 Å². The summed E-state index contributed by atoms with van der Waals surface area (Å²) in [6.45, 7) is 0. The van der Waals surface area contributed by atoms with Crippen LogP contribution in [-0.4, -0.2) is 27.3 Å². The van der Waals surface area contributed by atoms with E-state index in [1.165, 1.54) is 11.9 Å². The van der Waals surface area contributed by atoms with Crippen LogP contribution in [0, 0.1) is 0 Å². The molecule has 0 N–H and O–H groups in total. The molecule has 0 aromatic heterocycles. The quantitative estimate of drug-likeness (QED) is 0.580. The molecule has 63 valence electrons. The molecule has 0 aromatic rings. The number of aliphatic imine (C=N–C) groups is 1. The third-order valence-corrected chi connectivity index (χ3v) is 3.56. The average molecular weight is 216 g/mol. The van der Waals surface area contributed by atoms with Crippen molar-refractivity contribution in [1.82, 2.24) is 4.31 Å². The lowest BCUT2D eigenvalue weighted by Crippen LogP contribution is -2.22. The minimum absolute atomic E-state index is 0.709. The molecule has 12 heavy (non-hydrogen) atoms. The van der Waals surface area contributed by atoms with Crippen molar-refractivity contribution in [3.05, 3.63) is 11.6 Å². The summed E-state index contributed by atoms with van der Waals surface area (Å²) in [4.78, 5) is 4.27. The van der Waals surface area contributed by atoms with Crippen molar-refractivity contribution in [2.24, 2.45) is 9.39 Å². The normalized spacial score (nSPS) is 22.7. The van der Waals surface area contributed by atoms with Gasteiger partial charge in [-0.05, 0) is 29.3 Å². The predicted molar refractivity (Wildman–Crippen MR) is 58.4 cm³/mol. The number of hydrogen-bond donors (Lipinski definition) is 0. The predicted octanol–water partition coefficient (Wildman–Crippen LogP) is 2.08. The molecule has 1 radical (unpaired) electrons. The van der Waals surface area contributed by atoms with Crippen molar-refractivity contribution in [1.29, 1.82) is 0 Å². The molecule has 6 heteroatoms. The number of nitrogens with zero attached hydrogens (tertiary/aromatic N) is 3. The lowest BCUT2D eigenvalue weighted by atomic mass is 10.6. The summed E-state index contributed by atoms with van der Waals surface area (Å²) in [7, 11) is 0. The maximum absolute atomic E-state index is 4.27. The van der Waals surface area contributed by atoms with E-state index in [1.807, 2.05) is 10.5 Å². The molecular weight excluding hydrogens is 210 g/mol. The SMILES string of the molecule is [C]1=NSCN=C1N1C=CSCS1. The first-order valence-electron chi connectivity index (χ1n) is 3.30. The fourth-order valence-corrected chi connectivity index (χ4v) is 2.79. The molecule has 3 nitrogen and oxygen atoms in total. The van der Waals surface area contributed by atoms with Gasteiger partial charge < -0.3 is 0 Å². The van der Waals surface area contributed by atoms with Gasteiger partial charge in [0.2, 0.25) is 0 Å². The van der Waals surface area contributed by atoms with Gasteiger partial charge in [0.15, 0.2) is 5.84 Å². The lowest BCUT2D eigenvalue weighted by Gasteiger charge is -2.21.